The summed E-state index contributed by atoms with van der Waals surface area (Å²) in [4.78, 5) is 0. The van der Waals surface area contributed by atoms with E-state index in [-0.39, 0.29) is 11.9 Å². The number of nitrogens with one attached hydrogen (secondary N) is 1. The van der Waals surface area contributed by atoms with E-state index in [1.54, 1.807) is 19.1 Å². The molecule has 3 N–H and O–H groups in total. The maximum atomic E-state index is 13.6. The molecule has 1 atom stereocenters. The van der Waals surface area contributed by atoms with Gasteiger partial charge < -0.3 is 0 Å². The van der Waals surface area contributed by atoms with Crippen LogP contribution in [0.1, 0.15) is 22.7 Å². The Kier molecular flexibility index (Phi) is 4.42. The molecule has 2 aromatic rings. The summed E-state index contributed by atoms with van der Waals surface area (Å²) < 4.78 is 39.6. The standard InChI is InChI=1S/C15H15F3N2/c1-9-2-4-11(8-13(9)17)15(20-19)7-10-3-5-12(16)14(18)6-10/h2-6,8,15,20H,7,19H2,1H3. The van der Waals surface area contributed by atoms with E-state index < -0.39 is 11.6 Å². The molecule has 0 radical (unpaired) electrons. The van der Waals surface area contributed by atoms with Crippen molar-refractivity contribution in [2.24, 2.45) is 5.84 Å². The third-order valence-electron chi connectivity index (χ3n) is 3.22. The number of aryl methyl sites for hydroxylation is 1. The molecule has 0 fully saturated rings. The Morgan fingerprint density at radius 1 is 1.00 bits per heavy atom. The zero-order chi connectivity index (χ0) is 14.7. The molecule has 106 valence electrons. The van der Waals surface area contributed by atoms with Crippen LogP contribution in [0, 0.1) is 24.4 Å². The van der Waals surface area contributed by atoms with Crippen molar-refractivity contribution >= 4 is 0 Å². The minimum Gasteiger partial charge on any atom is -0.271 e. The van der Waals surface area contributed by atoms with Crippen molar-refractivity contribution in [3.8, 4) is 0 Å². The van der Waals surface area contributed by atoms with Crippen LogP contribution < -0.4 is 11.3 Å². The van der Waals surface area contributed by atoms with Gasteiger partial charge in [-0.25, -0.2) is 13.2 Å². The Bertz CT molecular complexity index is 614. The largest absolute Gasteiger partial charge is 0.271 e. The molecule has 0 amide bonds. The molecule has 2 nitrogen and oxygen atoms in total. The van der Waals surface area contributed by atoms with Gasteiger partial charge in [0, 0.05) is 0 Å². The Balaban J connectivity index is 2.23. The van der Waals surface area contributed by atoms with Crippen LogP contribution in [0.25, 0.3) is 0 Å². The maximum absolute atomic E-state index is 13.6. The van der Waals surface area contributed by atoms with Crippen LogP contribution >= 0.6 is 0 Å². The van der Waals surface area contributed by atoms with Crippen molar-refractivity contribution in [2.45, 2.75) is 19.4 Å². The SMILES string of the molecule is Cc1ccc(C(Cc2ccc(F)c(F)c2)NN)cc1F. The molecule has 20 heavy (non-hydrogen) atoms. The molecule has 0 aromatic heterocycles. The molecule has 0 aliphatic rings. The number of hydrogen-bond acceptors (Lipinski definition) is 2. The summed E-state index contributed by atoms with van der Waals surface area (Å²) in [6, 6.07) is 8.07. The molecule has 0 heterocycles. The topological polar surface area (TPSA) is 38.0 Å². The normalized spacial score (nSPS) is 12.4. The van der Waals surface area contributed by atoms with E-state index in [0.29, 0.717) is 23.1 Å². The maximum Gasteiger partial charge on any atom is 0.159 e. The fourth-order valence-corrected chi connectivity index (χ4v) is 2.00. The third kappa shape index (κ3) is 3.18. The van der Waals surface area contributed by atoms with Gasteiger partial charge in [0.05, 0.1) is 6.04 Å². The van der Waals surface area contributed by atoms with Crippen LogP contribution in [-0.4, -0.2) is 0 Å². The second kappa shape index (κ2) is 6.07. The molecule has 5 heteroatoms. The van der Waals surface area contributed by atoms with Crippen molar-refractivity contribution < 1.29 is 13.2 Å². The van der Waals surface area contributed by atoms with Gasteiger partial charge in [-0.15, -0.1) is 0 Å². The lowest BCUT2D eigenvalue weighted by Crippen LogP contribution is -2.29. The Morgan fingerprint density at radius 2 is 1.75 bits per heavy atom. The Morgan fingerprint density at radius 3 is 2.35 bits per heavy atom. The monoisotopic (exact) mass is 280 g/mol. The molecule has 2 rings (SSSR count). The molecule has 0 aliphatic carbocycles. The zero-order valence-corrected chi connectivity index (χ0v) is 11.0. The highest BCUT2D eigenvalue weighted by Gasteiger charge is 2.13. The van der Waals surface area contributed by atoms with Gasteiger partial charge in [-0.1, -0.05) is 18.2 Å². The summed E-state index contributed by atoms with van der Waals surface area (Å²) >= 11 is 0. The minimum atomic E-state index is -0.909. The van der Waals surface area contributed by atoms with Crippen LogP contribution in [0.3, 0.4) is 0 Å². The van der Waals surface area contributed by atoms with E-state index in [0.717, 1.165) is 12.1 Å². The van der Waals surface area contributed by atoms with Gasteiger partial charge in [0.1, 0.15) is 5.82 Å². The predicted octanol–water partition coefficient (Wildman–Crippen LogP) is 3.16. The lowest BCUT2D eigenvalue weighted by Gasteiger charge is -2.17. The van der Waals surface area contributed by atoms with Gasteiger partial charge in [-0.2, -0.15) is 0 Å². The number of hydrogen-bond donors (Lipinski definition) is 2. The summed E-state index contributed by atoms with van der Waals surface area (Å²) in [5.41, 5.74) is 4.33. The van der Waals surface area contributed by atoms with E-state index in [4.69, 9.17) is 5.84 Å². The molecule has 0 saturated carbocycles. The number of rotatable bonds is 4. The first-order valence-electron chi connectivity index (χ1n) is 6.17. The first kappa shape index (κ1) is 14.6. The molecule has 0 spiro atoms. The number of nitrogens with two attached hydrogens (primary N) is 1. The van der Waals surface area contributed by atoms with Crippen molar-refractivity contribution in [3.05, 3.63) is 70.5 Å². The lowest BCUT2D eigenvalue weighted by molar-refractivity contribution is 0.502. The highest BCUT2D eigenvalue weighted by molar-refractivity contribution is 5.28. The molecule has 1 unspecified atom stereocenters. The average molecular weight is 280 g/mol. The van der Waals surface area contributed by atoms with Crippen molar-refractivity contribution in [2.75, 3.05) is 0 Å². The van der Waals surface area contributed by atoms with Crippen LogP contribution in [0.2, 0.25) is 0 Å². The summed E-state index contributed by atoms with van der Waals surface area (Å²) in [5, 5.41) is 0. The molecular weight excluding hydrogens is 265 g/mol. The molecule has 0 bridgehead atoms. The van der Waals surface area contributed by atoms with Gasteiger partial charge >= 0.3 is 0 Å². The molecule has 0 saturated heterocycles. The van der Waals surface area contributed by atoms with Crippen LogP contribution in [0.15, 0.2) is 36.4 Å². The second-order valence-corrected chi connectivity index (χ2v) is 4.68. The van der Waals surface area contributed by atoms with Crippen LogP contribution in [0.5, 0.6) is 0 Å². The summed E-state index contributed by atoms with van der Waals surface area (Å²) in [5.74, 6) is 3.34. The number of hydrazine groups is 1. The zero-order valence-electron chi connectivity index (χ0n) is 11.0. The van der Waals surface area contributed by atoms with Gasteiger partial charge in [0.25, 0.3) is 0 Å². The quantitative estimate of drug-likeness (QED) is 0.667. The van der Waals surface area contributed by atoms with E-state index in [2.05, 4.69) is 5.43 Å². The fourth-order valence-electron chi connectivity index (χ4n) is 2.00. The second-order valence-electron chi connectivity index (χ2n) is 4.68. The number of halogens is 3. The lowest BCUT2D eigenvalue weighted by atomic mass is 9.98. The van der Waals surface area contributed by atoms with Crippen LogP contribution in [0.4, 0.5) is 13.2 Å². The van der Waals surface area contributed by atoms with E-state index in [9.17, 15) is 13.2 Å². The number of benzene rings is 2. The first-order valence-corrected chi connectivity index (χ1v) is 6.17. The van der Waals surface area contributed by atoms with Crippen LogP contribution in [-0.2, 0) is 6.42 Å². The third-order valence-corrected chi connectivity index (χ3v) is 3.22. The molecule has 2 aromatic carbocycles. The van der Waals surface area contributed by atoms with Gasteiger partial charge in [0.15, 0.2) is 11.6 Å². The Labute approximate surface area is 115 Å². The highest BCUT2D eigenvalue weighted by atomic mass is 19.2. The van der Waals surface area contributed by atoms with Crippen molar-refractivity contribution in [1.82, 2.24) is 5.43 Å². The summed E-state index contributed by atoms with van der Waals surface area (Å²) in [6.07, 6.45) is 0.330. The van der Waals surface area contributed by atoms with Crippen molar-refractivity contribution in [3.63, 3.8) is 0 Å². The first-order chi connectivity index (χ1) is 9.51. The highest BCUT2D eigenvalue weighted by Crippen LogP contribution is 2.21. The summed E-state index contributed by atoms with van der Waals surface area (Å²) in [6.45, 7) is 1.67. The smallest absolute Gasteiger partial charge is 0.159 e. The van der Waals surface area contributed by atoms with E-state index >= 15 is 0 Å². The van der Waals surface area contributed by atoms with Crippen molar-refractivity contribution in [1.29, 1.82) is 0 Å². The predicted molar refractivity (Wildman–Crippen MR) is 71.3 cm³/mol. The van der Waals surface area contributed by atoms with Gasteiger partial charge in [-0.3, -0.25) is 11.3 Å². The van der Waals surface area contributed by atoms with E-state index in [1.807, 2.05) is 0 Å². The minimum absolute atomic E-state index is 0.326. The average Bonchev–Trinajstić information content (AvgIpc) is 2.43. The Hall–Kier alpha value is -1.85. The van der Waals surface area contributed by atoms with Gasteiger partial charge in [0.2, 0.25) is 0 Å². The molecule has 0 aliphatic heterocycles. The molecular formula is C15H15F3N2. The van der Waals surface area contributed by atoms with E-state index in [1.165, 1.54) is 12.1 Å². The summed E-state index contributed by atoms with van der Waals surface area (Å²) in [7, 11) is 0. The fraction of sp³-hybridized carbons (Fsp3) is 0.200. The van der Waals surface area contributed by atoms with Gasteiger partial charge in [-0.05, 0) is 48.2 Å².